The van der Waals surface area contributed by atoms with E-state index in [4.69, 9.17) is 0 Å². The Labute approximate surface area is 116 Å². The van der Waals surface area contributed by atoms with Crippen LogP contribution in [0.25, 0.3) is 0 Å². The zero-order chi connectivity index (χ0) is 15.8. The van der Waals surface area contributed by atoms with Crippen molar-refractivity contribution < 1.29 is 25.3 Å². The second-order valence-corrected chi connectivity index (χ2v) is 12.6. The molecule has 0 rings (SSSR count). The number of rotatable bonds is 6. The van der Waals surface area contributed by atoms with Gasteiger partial charge in [0.1, 0.15) is 0 Å². The van der Waals surface area contributed by atoms with Gasteiger partial charge in [-0.05, 0) is 41.5 Å². The number of sulfonamides is 3. The van der Waals surface area contributed by atoms with Crippen LogP contribution in [0.1, 0.15) is 41.5 Å². The molecule has 0 heterocycles. The van der Waals surface area contributed by atoms with E-state index in [0.29, 0.717) is 0 Å². The molecule has 0 unspecified atom stereocenters. The molecule has 0 aromatic carbocycles. The summed E-state index contributed by atoms with van der Waals surface area (Å²) in [6, 6.07) is 0. The summed E-state index contributed by atoms with van der Waals surface area (Å²) >= 11 is 0. The highest BCUT2D eigenvalue weighted by Crippen LogP contribution is 2.25. The van der Waals surface area contributed by atoms with Crippen LogP contribution in [0.3, 0.4) is 0 Å². The van der Waals surface area contributed by atoms with Gasteiger partial charge in [0, 0.05) is 3.12 Å². The topological polar surface area (TPSA) is 106 Å². The first-order valence-electron chi connectivity index (χ1n) is 5.72. The van der Waals surface area contributed by atoms with E-state index in [0.717, 1.165) is 0 Å². The van der Waals surface area contributed by atoms with E-state index >= 15 is 0 Å². The van der Waals surface area contributed by atoms with Gasteiger partial charge in [0.25, 0.3) is 0 Å². The van der Waals surface area contributed by atoms with Crippen LogP contribution in [0.5, 0.6) is 0 Å². The van der Waals surface area contributed by atoms with Gasteiger partial charge < -0.3 is 0 Å². The first-order chi connectivity index (χ1) is 8.20. The zero-order valence-corrected chi connectivity index (χ0v) is 14.3. The Morgan fingerprint density at radius 1 is 0.526 bits per heavy atom. The average molecular weight is 335 g/mol. The van der Waals surface area contributed by atoms with Crippen LogP contribution in [0.2, 0.25) is 0 Å². The Morgan fingerprint density at radius 2 is 0.684 bits per heavy atom. The lowest BCUT2D eigenvalue weighted by atomic mass is 10.6. The van der Waals surface area contributed by atoms with Crippen molar-refractivity contribution in [3.05, 3.63) is 0 Å². The molecule has 0 aromatic rings. The van der Waals surface area contributed by atoms with E-state index in [1.54, 1.807) is 0 Å². The molecule has 0 saturated heterocycles. The molecular weight excluding hydrogens is 314 g/mol. The molecule has 0 atom stereocenters. The third-order valence-electron chi connectivity index (χ3n) is 2.41. The molecule has 0 aliphatic rings. The van der Waals surface area contributed by atoms with Gasteiger partial charge in [-0.1, -0.05) is 0 Å². The summed E-state index contributed by atoms with van der Waals surface area (Å²) in [6.45, 7) is 7.38. The Morgan fingerprint density at radius 3 is 0.789 bits per heavy atom. The fourth-order valence-corrected chi connectivity index (χ4v) is 8.56. The van der Waals surface area contributed by atoms with Crippen LogP contribution in [0.4, 0.5) is 0 Å². The van der Waals surface area contributed by atoms with E-state index < -0.39 is 45.8 Å². The first-order valence-corrected chi connectivity index (χ1v) is 10.2. The van der Waals surface area contributed by atoms with Gasteiger partial charge in [-0.25, -0.2) is 25.3 Å². The third kappa shape index (κ3) is 3.47. The van der Waals surface area contributed by atoms with Crippen molar-refractivity contribution in [1.82, 2.24) is 3.12 Å². The quantitative estimate of drug-likeness (QED) is 0.700. The lowest BCUT2D eigenvalue weighted by Gasteiger charge is -2.26. The van der Waals surface area contributed by atoms with Crippen molar-refractivity contribution in [2.75, 3.05) is 0 Å². The maximum absolute atomic E-state index is 12.1. The number of hydrogen-bond donors (Lipinski definition) is 0. The van der Waals surface area contributed by atoms with E-state index in [1.807, 2.05) is 0 Å². The van der Waals surface area contributed by atoms with Crippen molar-refractivity contribution in [3.63, 3.8) is 0 Å². The van der Waals surface area contributed by atoms with Gasteiger partial charge in [-0.2, -0.15) is 0 Å². The fourth-order valence-electron chi connectivity index (χ4n) is 0.951. The van der Waals surface area contributed by atoms with Crippen molar-refractivity contribution >= 4 is 30.1 Å². The molecule has 19 heavy (non-hydrogen) atoms. The predicted octanol–water partition coefficient (Wildman–Crippen LogP) is 0.503. The predicted molar refractivity (Wildman–Crippen MR) is 74.0 cm³/mol. The van der Waals surface area contributed by atoms with Gasteiger partial charge in [0.15, 0.2) is 0 Å². The number of nitrogens with zero attached hydrogens (tertiary/aromatic N) is 1. The smallest absolute Gasteiger partial charge is 0.210 e. The van der Waals surface area contributed by atoms with Gasteiger partial charge in [0.05, 0.1) is 15.7 Å². The van der Waals surface area contributed by atoms with E-state index in [-0.39, 0.29) is 3.12 Å². The maximum Gasteiger partial charge on any atom is 0.243 e. The summed E-state index contributed by atoms with van der Waals surface area (Å²) in [5, 5.41) is -3.47. The molecule has 0 radical (unpaired) electrons. The summed E-state index contributed by atoms with van der Waals surface area (Å²) in [6.07, 6.45) is 0. The highest BCUT2D eigenvalue weighted by atomic mass is 32.3. The van der Waals surface area contributed by atoms with Crippen molar-refractivity contribution in [1.29, 1.82) is 0 Å². The van der Waals surface area contributed by atoms with Crippen LogP contribution in [-0.4, -0.2) is 44.1 Å². The molecule has 0 spiro atoms. The minimum Gasteiger partial charge on any atom is -0.210 e. The van der Waals surface area contributed by atoms with Gasteiger partial charge in [-0.15, -0.1) is 0 Å². The molecule has 0 aliphatic heterocycles. The van der Waals surface area contributed by atoms with Gasteiger partial charge in [0.2, 0.25) is 30.1 Å². The summed E-state index contributed by atoms with van der Waals surface area (Å²) < 4.78 is 72.3. The molecule has 116 valence electrons. The second kappa shape index (κ2) is 5.66. The third-order valence-corrected chi connectivity index (χ3v) is 11.0. The molecule has 10 heteroatoms. The lowest BCUT2D eigenvalue weighted by Crippen LogP contribution is -2.49. The van der Waals surface area contributed by atoms with Crippen molar-refractivity contribution in [3.8, 4) is 0 Å². The summed E-state index contributed by atoms with van der Waals surface area (Å²) in [4.78, 5) is 0. The summed E-state index contributed by atoms with van der Waals surface area (Å²) in [5.41, 5.74) is 0. The van der Waals surface area contributed by atoms with Crippen LogP contribution in [0.15, 0.2) is 0 Å². The van der Waals surface area contributed by atoms with Crippen molar-refractivity contribution in [2.45, 2.75) is 57.3 Å². The first kappa shape index (κ1) is 18.8. The highest BCUT2D eigenvalue weighted by molar-refractivity contribution is 8.18. The van der Waals surface area contributed by atoms with E-state index in [1.165, 1.54) is 41.5 Å². The molecule has 0 aliphatic carbocycles. The molecule has 0 saturated carbocycles. The molecule has 0 bridgehead atoms. The van der Waals surface area contributed by atoms with E-state index in [9.17, 15) is 25.3 Å². The number of hydrogen-bond acceptors (Lipinski definition) is 6. The second-order valence-electron chi connectivity index (χ2n) is 4.91. The van der Waals surface area contributed by atoms with Crippen molar-refractivity contribution in [2.24, 2.45) is 0 Å². The zero-order valence-electron chi connectivity index (χ0n) is 11.9. The van der Waals surface area contributed by atoms with Crippen LogP contribution in [-0.2, 0) is 30.1 Å². The lowest BCUT2D eigenvalue weighted by molar-refractivity contribution is 0.516. The minimum atomic E-state index is -4.49. The molecule has 0 N–H and O–H groups in total. The molecule has 0 aromatic heterocycles. The summed E-state index contributed by atoms with van der Waals surface area (Å²) in [5.74, 6) is 0. The minimum absolute atomic E-state index is 0.299. The molecular formula is C9H21NO6S3. The van der Waals surface area contributed by atoms with Gasteiger partial charge >= 0.3 is 0 Å². The Kier molecular flexibility index (Phi) is 5.61. The normalized spacial score (nSPS) is 14.8. The van der Waals surface area contributed by atoms with Crippen LogP contribution < -0.4 is 0 Å². The van der Waals surface area contributed by atoms with Crippen LogP contribution >= 0.6 is 0 Å². The van der Waals surface area contributed by atoms with E-state index in [2.05, 4.69) is 0 Å². The largest absolute Gasteiger partial charge is 0.243 e. The molecule has 0 amide bonds. The standard InChI is InChI=1S/C9H21NO6S3/c1-7(2)17(11,12)10(18(13,14)8(3)4)19(15,16)9(5)6/h7-9H,1-6H3. The highest BCUT2D eigenvalue weighted by Gasteiger charge is 2.48. The van der Waals surface area contributed by atoms with Crippen LogP contribution in [0, 0.1) is 0 Å². The Bertz CT molecular complexity index is 523. The Balaban J connectivity index is 6.46. The fraction of sp³-hybridized carbons (Fsp3) is 1.00. The summed E-state index contributed by atoms with van der Waals surface area (Å²) in [7, 11) is -13.5. The molecule has 7 nitrogen and oxygen atoms in total. The monoisotopic (exact) mass is 335 g/mol. The maximum atomic E-state index is 12.1. The Hall–Kier alpha value is -0.190. The average Bonchev–Trinajstić information content (AvgIpc) is 2.14. The SMILES string of the molecule is CC(C)S(=O)(=O)N(S(=O)(=O)C(C)C)S(=O)(=O)C(C)C. The van der Waals surface area contributed by atoms with Gasteiger partial charge in [-0.3, -0.25) is 0 Å². The molecule has 0 fully saturated rings.